The van der Waals surface area contributed by atoms with Crippen molar-refractivity contribution < 1.29 is 23.4 Å². The number of aliphatic hydroxyl groups is 2. The highest BCUT2D eigenvalue weighted by atomic mass is 35.5. The number of nitrogens with one attached hydrogen (secondary N) is 1. The molecule has 3 N–H and O–H groups in total. The third-order valence-corrected chi connectivity index (χ3v) is 7.28. The quantitative estimate of drug-likeness (QED) is 0.714. The summed E-state index contributed by atoms with van der Waals surface area (Å²) in [5.41, 5.74) is -0.429. The SMILES string of the molecule is CN1C(C(=O)Nc2ncc(CO)s2)=C(O)c2sc(Cl)cc2S1(=O)=O. The highest BCUT2D eigenvalue weighted by Gasteiger charge is 2.39. The Labute approximate surface area is 149 Å². The van der Waals surface area contributed by atoms with Crippen molar-refractivity contribution in [2.24, 2.45) is 0 Å². The van der Waals surface area contributed by atoms with Crippen LogP contribution in [0.15, 0.2) is 22.9 Å². The van der Waals surface area contributed by atoms with Crippen LogP contribution in [-0.4, -0.2) is 40.9 Å². The average molecular weight is 408 g/mol. The molecule has 0 saturated heterocycles. The topological polar surface area (TPSA) is 120 Å². The number of amides is 1. The molecule has 1 aliphatic heterocycles. The second-order valence-electron chi connectivity index (χ2n) is 4.66. The second kappa shape index (κ2) is 6.01. The number of thiazole rings is 1. The number of thiophene rings is 1. The van der Waals surface area contributed by atoms with Gasteiger partial charge in [-0.2, -0.15) is 0 Å². The summed E-state index contributed by atoms with van der Waals surface area (Å²) in [6.45, 7) is -0.229. The molecule has 0 unspecified atom stereocenters. The first-order valence-corrected chi connectivity index (χ1v) is 9.79. The maximum absolute atomic E-state index is 12.5. The standard InChI is InChI=1S/C12H10ClN3O5S3/c1-16-8(11(19)15-12-14-3-5(4-17)22-12)9(18)10-6(24(16,20)21)2-7(13)23-10/h2-3,17-18H,4H2,1H3,(H,14,15,19). The lowest BCUT2D eigenvalue weighted by atomic mass is 10.3. The molecule has 0 aliphatic carbocycles. The molecule has 2 aromatic rings. The van der Waals surface area contributed by atoms with E-state index >= 15 is 0 Å². The summed E-state index contributed by atoms with van der Waals surface area (Å²) in [5, 5.41) is 21.9. The van der Waals surface area contributed by atoms with Crippen molar-refractivity contribution in [1.82, 2.24) is 9.29 Å². The number of hydrogen-bond acceptors (Lipinski definition) is 8. The van der Waals surface area contributed by atoms with Gasteiger partial charge in [0.05, 0.1) is 20.7 Å². The largest absolute Gasteiger partial charge is 0.504 e. The molecule has 0 radical (unpaired) electrons. The van der Waals surface area contributed by atoms with Crippen molar-refractivity contribution in [1.29, 1.82) is 0 Å². The smallest absolute Gasteiger partial charge is 0.278 e. The minimum absolute atomic E-state index is 0.0124. The van der Waals surface area contributed by atoms with Gasteiger partial charge in [-0.05, 0) is 6.07 Å². The van der Waals surface area contributed by atoms with E-state index < -0.39 is 27.4 Å². The Hall–Kier alpha value is -1.66. The summed E-state index contributed by atoms with van der Waals surface area (Å²) >= 11 is 7.73. The fraction of sp³-hybridized carbons (Fsp3) is 0.167. The van der Waals surface area contributed by atoms with Gasteiger partial charge in [-0.15, -0.1) is 11.3 Å². The Morgan fingerprint density at radius 1 is 1.46 bits per heavy atom. The summed E-state index contributed by atoms with van der Waals surface area (Å²) in [4.78, 5) is 16.7. The first-order chi connectivity index (χ1) is 11.3. The minimum Gasteiger partial charge on any atom is -0.504 e. The number of carbonyl (C=O) groups excluding carboxylic acids is 1. The summed E-state index contributed by atoms with van der Waals surface area (Å²) in [5.74, 6) is -1.32. The summed E-state index contributed by atoms with van der Waals surface area (Å²) in [6, 6.07) is 1.23. The van der Waals surface area contributed by atoms with Gasteiger partial charge in [0.15, 0.2) is 16.6 Å². The van der Waals surface area contributed by atoms with Gasteiger partial charge in [-0.25, -0.2) is 13.4 Å². The summed E-state index contributed by atoms with van der Waals surface area (Å²) in [6.07, 6.45) is 1.38. The zero-order valence-corrected chi connectivity index (χ0v) is 15.2. The maximum atomic E-state index is 12.5. The van der Waals surface area contributed by atoms with E-state index in [1.807, 2.05) is 0 Å². The van der Waals surface area contributed by atoms with Crippen LogP contribution in [0.3, 0.4) is 0 Å². The predicted molar refractivity (Wildman–Crippen MR) is 90.5 cm³/mol. The van der Waals surface area contributed by atoms with Crippen LogP contribution >= 0.6 is 34.3 Å². The Morgan fingerprint density at radius 3 is 2.79 bits per heavy atom. The van der Waals surface area contributed by atoms with Crippen molar-refractivity contribution in [3.05, 3.63) is 32.1 Å². The van der Waals surface area contributed by atoms with Gasteiger partial charge in [0.1, 0.15) is 4.90 Å². The number of nitrogens with zero attached hydrogens (tertiary/aromatic N) is 2. The van der Waals surface area contributed by atoms with Gasteiger partial charge in [0.2, 0.25) is 0 Å². The van der Waals surface area contributed by atoms with Gasteiger partial charge in [-0.1, -0.05) is 22.9 Å². The molecule has 12 heteroatoms. The van der Waals surface area contributed by atoms with Crippen molar-refractivity contribution in [3.8, 4) is 0 Å². The van der Waals surface area contributed by atoms with E-state index in [9.17, 15) is 18.3 Å². The van der Waals surface area contributed by atoms with Gasteiger partial charge >= 0.3 is 0 Å². The van der Waals surface area contributed by atoms with Crippen LogP contribution in [0.1, 0.15) is 9.75 Å². The molecule has 3 heterocycles. The van der Waals surface area contributed by atoms with E-state index in [-0.39, 0.29) is 25.8 Å². The zero-order valence-electron chi connectivity index (χ0n) is 12.0. The van der Waals surface area contributed by atoms with Crippen LogP contribution in [0.2, 0.25) is 4.34 Å². The normalized spacial score (nSPS) is 16.2. The molecule has 0 saturated carbocycles. The Morgan fingerprint density at radius 2 is 2.17 bits per heavy atom. The lowest BCUT2D eigenvalue weighted by Gasteiger charge is -2.26. The molecule has 1 aliphatic rings. The zero-order chi connectivity index (χ0) is 17.6. The molecule has 0 bridgehead atoms. The fourth-order valence-electron chi connectivity index (χ4n) is 2.07. The molecule has 1 amide bonds. The lowest BCUT2D eigenvalue weighted by molar-refractivity contribution is -0.113. The van der Waals surface area contributed by atoms with Crippen LogP contribution in [0.25, 0.3) is 5.76 Å². The van der Waals surface area contributed by atoms with E-state index in [0.717, 1.165) is 29.7 Å². The number of anilines is 1. The van der Waals surface area contributed by atoms with Crippen molar-refractivity contribution in [3.63, 3.8) is 0 Å². The molecule has 3 rings (SSSR count). The number of fused-ring (bicyclic) bond motifs is 1. The first-order valence-electron chi connectivity index (χ1n) is 6.34. The lowest BCUT2D eigenvalue weighted by Crippen LogP contribution is -2.36. The molecular weight excluding hydrogens is 398 g/mol. The van der Waals surface area contributed by atoms with Crippen molar-refractivity contribution >= 4 is 61.1 Å². The Balaban J connectivity index is 2.03. The van der Waals surface area contributed by atoms with Crippen LogP contribution in [0.4, 0.5) is 5.13 Å². The molecule has 0 fully saturated rings. The third kappa shape index (κ3) is 2.67. The van der Waals surface area contributed by atoms with Crippen molar-refractivity contribution in [2.75, 3.05) is 12.4 Å². The average Bonchev–Trinajstić information content (AvgIpc) is 3.12. The summed E-state index contributed by atoms with van der Waals surface area (Å²) < 4.78 is 25.8. The fourth-order valence-corrected chi connectivity index (χ4v) is 5.69. The van der Waals surface area contributed by atoms with Gasteiger partial charge < -0.3 is 10.2 Å². The minimum atomic E-state index is -4.00. The molecule has 8 nitrogen and oxygen atoms in total. The van der Waals surface area contributed by atoms with E-state index in [1.54, 1.807) is 0 Å². The third-order valence-electron chi connectivity index (χ3n) is 3.21. The number of sulfonamides is 1. The first kappa shape index (κ1) is 17.2. The van der Waals surface area contributed by atoms with E-state index in [1.165, 1.54) is 12.3 Å². The Kier molecular flexibility index (Phi) is 4.30. The molecule has 2 aromatic heterocycles. The number of halogens is 1. The highest BCUT2D eigenvalue weighted by Crippen LogP contribution is 2.41. The highest BCUT2D eigenvalue weighted by molar-refractivity contribution is 7.89. The summed E-state index contributed by atoms with van der Waals surface area (Å²) in [7, 11) is -2.83. The number of carbonyl (C=O) groups is 1. The van der Waals surface area contributed by atoms with E-state index in [0.29, 0.717) is 9.18 Å². The number of rotatable bonds is 3. The monoisotopic (exact) mass is 407 g/mol. The second-order valence-corrected chi connectivity index (χ2v) is 9.39. The molecule has 0 atom stereocenters. The van der Waals surface area contributed by atoms with E-state index in [4.69, 9.17) is 16.7 Å². The van der Waals surface area contributed by atoms with Gasteiger partial charge in [0, 0.05) is 13.2 Å². The Bertz CT molecular complexity index is 962. The molecule has 24 heavy (non-hydrogen) atoms. The van der Waals surface area contributed by atoms with Gasteiger partial charge in [0.25, 0.3) is 15.9 Å². The number of aliphatic hydroxyl groups excluding tert-OH is 2. The van der Waals surface area contributed by atoms with Crippen LogP contribution in [0.5, 0.6) is 0 Å². The molecular formula is C12H10ClN3O5S3. The predicted octanol–water partition coefficient (Wildman–Crippen LogP) is 1.85. The number of hydrogen-bond donors (Lipinski definition) is 3. The van der Waals surface area contributed by atoms with Gasteiger partial charge in [-0.3, -0.25) is 14.4 Å². The van der Waals surface area contributed by atoms with Crippen LogP contribution in [-0.2, 0) is 21.4 Å². The van der Waals surface area contributed by atoms with Crippen LogP contribution < -0.4 is 5.32 Å². The van der Waals surface area contributed by atoms with E-state index in [2.05, 4.69) is 10.3 Å². The molecule has 128 valence electrons. The van der Waals surface area contributed by atoms with Crippen LogP contribution in [0, 0.1) is 0 Å². The maximum Gasteiger partial charge on any atom is 0.278 e. The molecule has 0 aromatic carbocycles. The number of aromatic nitrogens is 1. The van der Waals surface area contributed by atoms with Crippen molar-refractivity contribution in [2.45, 2.75) is 11.5 Å². The number of likely N-dealkylation sites (N-methyl/N-ethyl adjacent to an activating group) is 1. The molecule has 0 spiro atoms.